The number of carbonyl (C=O) groups is 2. The predicted molar refractivity (Wildman–Crippen MR) is 90.1 cm³/mol. The molecule has 2 aliphatic heterocycles. The topological polar surface area (TPSA) is 58.4 Å². The summed E-state index contributed by atoms with van der Waals surface area (Å²) in [6.45, 7) is 7.11. The van der Waals surface area contributed by atoms with Gasteiger partial charge in [-0.05, 0) is 32.8 Å². The zero-order valence-electron chi connectivity index (χ0n) is 14.0. The van der Waals surface area contributed by atoms with Crippen LogP contribution in [-0.4, -0.2) is 61.7 Å². The first-order valence-corrected chi connectivity index (χ1v) is 9.29. The van der Waals surface area contributed by atoms with Gasteiger partial charge in [0.1, 0.15) is 6.04 Å². The van der Waals surface area contributed by atoms with Crippen molar-refractivity contribution in [2.75, 3.05) is 18.2 Å². The Morgan fingerprint density at radius 1 is 1.35 bits per heavy atom. The van der Waals surface area contributed by atoms with E-state index in [2.05, 4.69) is 11.2 Å². The first-order valence-electron chi connectivity index (χ1n) is 8.14. The quantitative estimate of drug-likeness (QED) is 0.837. The van der Waals surface area contributed by atoms with E-state index in [1.54, 1.807) is 23.6 Å². The third-order valence-electron chi connectivity index (χ3n) is 4.72. The Hall–Kier alpha value is -1.50. The maximum Gasteiger partial charge on any atom is 0.246 e. The van der Waals surface area contributed by atoms with Gasteiger partial charge in [-0.15, -0.1) is 11.8 Å². The number of aromatic nitrogens is 2. The normalized spacial score (nSPS) is 24.5. The maximum absolute atomic E-state index is 12.9. The van der Waals surface area contributed by atoms with Crippen molar-refractivity contribution in [1.82, 2.24) is 19.6 Å². The Kier molecular flexibility index (Phi) is 4.66. The van der Waals surface area contributed by atoms with Crippen molar-refractivity contribution in [2.24, 2.45) is 0 Å². The van der Waals surface area contributed by atoms with Gasteiger partial charge in [-0.1, -0.05) is 0 Å². The summed E-state index contributed by atoms with van der Waals surface area (Å²) in [6.07, 6.45) is 2.03. The average molecular weight is 336 g/mol. The number of aryl methyl sites for hydroxylation is 2. The molecule has 6 nitrogen and oxygen atoms in total. The lowest BCUT2D eigenvalue weighted by atomic mass is 10.2. The molecule has 0 saturated carbocycles. The second-order valence-electron chi connectivity index (χ2n) is 6.44. The van der Waals surface area contributed by atoms with E-state index in [1.165, 1.54) is 0 Å². The molecule has 0 N–H and O–H groups in total. The minimum Gasteiger partial charge on any atom is -0.336 e. The van der Waals surface area contributed by atoms with Crippen molar-refractivity contribution in [3.63, 3.8) is 0 Å². The lowest BCUT2D eigenvalue weighted by Crippen LogP contribution is -2.50. The van der Waals surface area contributed by atoms with E-state index in [0.717, 1.165) is 37.3 Å². The van der Waals surface area contributed by atoms with Crippen LogP contribution in [0.4, 0.5) is 0 Å². The smallest absolute Gasteiger partial charge is 0.246 e. The molecule has 23 heavy (non-hydrogen) atoms. The number of carbonyl (C=O) groups excluding carboxylic acids is 2. The number of amides is 2. The van der Waals surface area contributed by atoms with Crippen molar-refractivity contribution < 1.29 is 9.59 Å². The Balaban J connectivity index is 1.72. The fourth-order valence-corrected chi connectivity index (χ4v) is 4.73. The van der Waals surface area contributed by atoms with Gasteiger partial charge in [0.25, 0.3) is 0 Å². The summed E-state index contributed by atoms with van der Waals surface area (Å²) >= 11 is 1.66. The second-order valence-corrected chi connectivity index (χ2v) is 7.44. The van der Waals surface area contributed by atoms with Crippen LogP contribution in [0.5, 0.6) is 0 Å². The molecule has 3 heterocycles. The molecule has 2 amide bonds. The van der Waals surface area contributed by atoms with Crippen LogP contribution < -0.4 is 0 Å². The molecule has 2 fully saturated rings. The molecule has 2 aliphatic rings. The van der Waals surface area contributed by atoms with E-state index in [0.29, 0.717) is 11.6 Å². The van der Waals surface area contributed by atoms with Crippen LogP contribution in [0.1, 0.15) is 31.2 Å². The summed E-state index contributed by atoms with van der Waals surface area (Å²) < 4.78 is 2.00. The molecule has 2 unspecified atom stereocenters. The van der Waals surface area contributed by atoms with Gasteiger partial charge in [0, 0.05) is 24.9 Å². The Bertz CT molecular complexity index is 615. The molecule has 1 aromatic rings. The van der Waals surface area contributed by atoms with Crippen LogP contribution in [0.2, 0.25) is 0 Å². The molecule has 0 aromatic carbocycles. The molecule has 7 heteroatoms. The van der Waals surface area contributed by atoms with Crippen LogP contribution in [0.15, 0.2) is 6.07 Å². The fraction of sp³-hybridized carbons (Fsp3) is 0.688. The minimum atomic E-state index is -0.293. The highest BCUT2D eigenvalue weighted by molar-refractivity contribution is 7.99. The van der Waals surface area contributed by atoms with Gasteiger partial charge in [0.05, 0.1) is 24.2 Å². The van der Waals surface area contributed by atoms with Gasteiger partial charge in [-0.3, -0.25) is 14.3 Å². The van der Waals surface area contributed by atoms with Crippen LogP contribution in [0.25, 0.3) is 0 Å². The standard InChI is InChI=1S/C16H24N4O2S/c1-11-7-12(2)20(17-11)8-14-5-4-6-18(14)16(22)15-9-23-10-19(15)13(3)21/h7,14-15H,4-6,8-10H2,1-3H3. The SMILES string of the molecule is CC(=O)N1CSCC1C(=O)N1CCCC1Cn1nc(C)cc1C. The summed E-state index contributed by atoms with van der Waals surface area (Å²) in [5, 5.41) is 4.52. The van der Waals surface area contributed by atoms with Crippen LogP contribution >= 0.6 is 11.8 Å². The van der Waals surface area contributed by atoms with Crippen molar-refractivity contribution in [2.45, 2.75) is 52.2 Å². The number of thioether (sulfide) groups is 1. The van der Waals surface area contributed by atoms with Crippen LogP contribution in [0.3, 0.4) is 0 Å². The molecule has 2 saturated heterocycles. The van der Waals surface area contributed by atoms with Crippen molar-refractivity contribution >= 4 is 23.6 Å². The monoisotopic (exact) mass is 336 g/mol. The van der Waals surface area contributed by atoms with Crippen molar-refractivity contribution in [3.05, 3.63) is 17.5 Å². The molecule has 0 bridgehead atoms. The highest BCUT2D eigenvalue weighted by Gasteiger charge is 2.39. The van der Waals surface area contributed by atoms with Crippen LogP contribution in [0, 0.1) is 13.8 Å². The zero-order chi connectivity index (χ0) is 16.6. The molecular weight excluding hydrogens is 312 g/mol. The number of rotatable bonds is 3. The maximum atomic E-state index is 12.9. The molecular formula is C16H24N4O2S. The number of hydrogen-bond donors (Lipinski definition) is 0. The van der Waals surface area contributed by atoms with Crippen molar-refractivity contribution in [3.8, 4) is 0 Å². The molecule has 0 spiro atoms. The minimum absolute atomic E-state index is 0.0114. The molecule has 1 aromatic heterocycles. The van der Waals surface area contributed by atoms with Gasteiger partial charge in [-0.2, -0.15) is 5.10 Å². The molecule has 0 radical (unpaired) electrons. The fourth-order valence-electron chi connectivity index (χ4n) is 3.52. The molecule has 0 aliphatic carbocycles. The highest BCUT2D eigenvalue weighted by Crippen LogP contribution is 2.27. The number of likely N-dealkylation sites (tertiary alicyclic amines) is 1. The third kappa shape index (κ3) is 3.24. The Labute approximate surface area is 141 Å². The second kappa shape index (κ2) is 6.55. The van der Waals surface area contributed by atoms with Gasteiger partial charge >= 0.3 is 0 Å². The molecule has 2 atom stereocenters. The van der Waals surface area contributed by atoms with E-state index in [9.17, 15) is 9.59 Å². The number of hydrogen-bond acceptors (Lipinski definition) is 4. The van der Waals surface area contributed by atoms with E-state index in [-0.39, 0.29) is 23.9 Å². The zero-order valence-corrected chi connectivity index (χ0v) is 14.8. The van der Waals surface area contributed by atoms with Gasteiger partial charge in [-0.25, -0.2) is 0 Å². The Morgan fingerprint density at radius 2 is 2.13 bits per heavy atom. The first kappa shape index (κ1) is 16.4. The third-order valence-corrected chi connectivity index (χ3v) is 5.73. The molecule has 3 rings (SSSR count). The summed E-state index contributed by atoms with van der Waals surface area (Å²) in [7, 11) is 0. The summed E-state index contributed by atoms with van der Waals surface area (Å²) in [6, 6.07) is 1.95. The van der Waals surface area contributed by atoms with E-state index in [1.807, 2.05) is 23.4 Å². The summed E-state index contributed by atoms with van der Waals surface area (Å²) in [5.41, 5.74) is 2.14. The van der Waals surface area contributed by atoms with E-state index >= 15 is 0 Å². The lowest BCUT2D eigenvalue weighted by Gasteiger charge is -2.30. The highest BCUT2D eigenvalue weighted by atomic mass is 32.2. The van der Waals surface area contributed by atoms with Gasteiger partial charge < -0.3 is 9.80 Å². The predicted octanol–water partition coefficient (Wildman–Crippen LogP) is 1.41. The average Bonchev–Trinajstić information content (AvgIpc) is 3.19. The Morgan fingerprint density at radius 3 is 2.78 bits per heavy atom. The van der Waals surface area contributed by atoms with E-state index < -0.39 is 0 Å². The largest absolute Gasteiger partial charge is 0.336 e. The van der Waals surface area contributed by atoms with Crippen molar-refractivity contribution in [1.29, 1.82) is 0 Å². The molecule has 126 valence electrons. The van der Waals surface area contributed by atoms with Gasteiger partial charge in [0.15, 0.2) is 0 Å². The summed E-state index contributed by atoms with van der Waals surface area (Å²) in [4.78, 5) is 28.3. The van der Waals surface area contributed by atoms with Gasteiger partial charge in [0.2, 0.25) is 11.8 Å². The van der Waals surface area contributed by atoms with E-state index in [4.69, 9.17) is 0 Å². The lowest BCUT2D eigenvalue weighted by molar-refractivity contribution is -0.143. The number of nitrogens with zero attached hydrogens (tertiary/aromatic N) is 4. The first-order chi connectivity index (χ1) is 11.0. The summed E-state index contributed by atoms with van der Waals surface area (Å²) in [5.74, 6) is 1.43. The van der Waals surface area contributed by atoms with Crippen LogP contribution in [-0.2, 0) is 16.1 Å².